The summed E-state index contributed by atoms with van der Waals surface area (Å²) in [4.78, 5) is 0. The fraction of sp³-hybridized carbons (Fsp3) is 0. The van der Waals surface area contributed by atoms with Crippen molar-refractivity contribution in [1.29, 1.82) is 0 Å². The lowest BCUT2D eigenvalue weighted by Gasteiger charge is -2.19. The van der Waals surface area contributed by atoms with Gasteiger partial charge in [0.15, 0.2) is 0 Å². The standard InChI is InChI=1S/C58H38/c1-3-14-39(15-4-1)40-26-28-41(29-27-40)48-36-46-34-35-47(58-53-23-11-9-21-51(53)57(45-17-5-2-6-18-45)52-22-10-12-24-54(52)58)37-56(46)55(38-48)44-32-30-43(31-33-44)50-25-13-19-42-16-7-8-20-49(42)50/h1-38H. The Kier molecular flexibility index (Phi) is 8.26. The zero-order valence-electron chi connectivity index (χ0n) is 31.9. The van der Waals surface area contributed by atoms with Gasteiger partial charge in [-0.1, -0.05) is 212 Å². The zero-order chi connectivity index (χ0) is 38.4. The first-order valence-electron chi connectivity index (χ1n) is 20.1. The maximum absolute atomic E-state index is 2.43. The van der Waals surface area contributed by atoms with Gasteiger partial charge in [-0.05, 0) is 128 Å². The maximum atomic E-state index is 2.43. The van der Waals surface area contributed by atoms with Crippen LogP contribution in [-0.2, 0) is 0 Å². The Morgan fingerprint density at radius 3 is 1.22 bits per heavy atom. The molecule has 0 aromatic heterocycles. The Morgan fingerprint density at radius 1 is 0.172 bits per heavy atom. The second-order valence-electron chi connectivity index (χ2n) is 15.2. The van der Waals surface area contributed by atoms with Gasteiger partial charge >= 0.3 is 0 Å². The van der Waals surface area contributed by atoms with Crippen LogP contribution in [0.25, 0.3) is 110 Å². The van der Waals surface area contributed by atoms with E-state index < -0.39 is 0 Å². The van der Waals surface area contributed by atoms with E-state index in [1.165, 1.54) is 110 Å². The summed E-state index contributed by atoms with van der Waals surface area (Å²) in [5, 5.41) is 10.0. The fourth-order valence-corrected chi connectivity index (χ4v) is 9.07. The van der Waals surface area contributed by atoms with Crippen LogP contribution in [0.4, 0.5) is 0 Å². The predicted octanol–water partition coefficient (Wildman–Crippen LogP) is 16.3. The van der Waals surface area contributed by atoms with E-state index in [1.54, 1.807) is 0 Å². The number of hydrogen-bond donors (Lipinski definition) is 0. The monoisotopic (exact) mass is 734 g/mol. The normalized spacial score (nSPS) is 11.4. The molecule has 0 saturated carbocycles. The van der Waals surface area contributed by atoms with Crippen LogP contribution in [0.15, 0.2) is 231 Å². The van der Waals surface area contributed by atoms with Crippen molar-refractivity contribution in [3.8, 4) is 66.8 Å². The molecule has 0 fully saturated rings. The summed E-state index contributed by atoms with van der Waals surface area (Å²) in [7, 11) is 0. The molecule has 0 atom stereocenters. The molecular formula is C58H38. The highest BCUT2D eigenvalue weighted by atomic mass is 14.2. The van der Waals surface area contributed by atoms with Gasteiger partial charge in [-0.2, -0.15) is 0 Å². The fourth-order valence-electron chi connectivity index (χ4n) is 9.07. The lowest BCUT2D eigenvalue weighted by atomic mass is 9.84. The van der Waals surface area contributed by atoms with Gasteiger partial charge < -0.3 is 0 Å². The van der Waals surface area contributed by atoms with Crippen molar-refractivity contribution in [3.63, 3.8) is 0 Å². The van der Waals surface area contributed by atoms with E-state index in [0.29, 0.717) is 0 Å². The summed E-state index contributed by atoms with van der Waals surface area (Å²) in [6, 6.07) is 84.6. The van der Waals surface area contributed by atoms with Gasteiger partial charge in [0.05, 0.1) is 0 Å². The van der Waals surface area contributed by atoms with E-state index in [0.717, 1.165) is 0 Å². The SMILES string of the molecule is c1ccc(-c2ccc(-c3cc(-c4ccc(-c5cccc6ccccc56)cc4)c4cc(-c5c6ccccc6c(-c6ccccc6)c6ccccc56)ccc4c3)cc2)cc1. The van der Waals surface area contributed by atoms with E-state index in [1.807, 2.05) is 0 Å². The van der Waals surface area contributed by atoms with Gasteiger partial charge in [0, 0.05) is 0 Å². The van der Waals surface area contributed by atoms with Gasteiger partial charge in [-0.15, -0.1) is 0 Å². The Labute approximate surface area is 339 Å². The minimum atomic E-state index is 1.20. The van der Waals surface area contributed by atoms with Crippen LogP contribution in [-0.4, -0.2) is 0 Å². The number of benzene rings is 11. The predicted molar refractivity (Wildman–Crippen MR) is 249 cm³/mol. The molecule has 11 aromatic carbocycles. The molecule has 58 heavy (non-hydrogen) atoms. The van der Waals surface area contributed by atoms with Crippen molar-refractivity contribution >= 4 is 43.1 Å². The average molecular weight is 735 g/mol. The molecule has 0 bridgehead atoms. The molecule has 11 rings (SSSR count). The van der Waals surface area contributed by atoms with E-state index in [2.05, 4.69) is 231 Å². The van der Waals surface area contributed by atoms with Gasteiger partial charge in [-0.25, -0.2) is 0 Å². The molecule has 0 saturated heterocycles. The summed E-state index contributed by atoms with van der Waals surface area (Å²) < 4.78 is 0. The molecule has 0 amide bonds. The van der Waals surface area contributed by atoms with Crippen LogP contribution < -0.4 is 0 Å². The third-order valence-corrected chi connectivity index (χ3v) is 11.9. The van der Waals surface area contributed by atoms with Crippen molar-refractivity contribution in [2.75, 3.05) is 0 Å². The number of rotatable bonds is 6. The highest BCUT2D eigenvalue weighted by Crippen LogP contribution is 2.45. The summed E-state index contributed by atoms with van der Waals surface area (Å²) in [5.41, 5.74) is 14.7. The highest BCUT2D eigenvalue weighted by Gasteiger charge is 2.18. The molecule has 270 valence electrons. The molecule has 0 heterocycles. The van der Waals surface area contributed by atoms with Crippen LogP contribution in [0.5, 0.6) is 0 Å². The molecule has 0 aliphatic heterocycles. The zero-order valence-corrected chi connectivity index (χ0v) is 31.9. The molecule has 0 spiro atoms. The molecule has 0 aliphatic rings. The topological polar surface area (TPSA) is 0 Å². The summed E-state index contributed by atoms with van der Waals surface area (Å²) in [5.74, 6) is 0. The Morgan fingerprint density at radius 2 is 0.603 bits per heavy atom. The van der Waals surface area contributed by atoms with Crippen LogP contribution in [0.2, 0.25) is 0 Å². The van der Waals surface area contributed by atoms with Crippen molar-refractivity contribution < 1.29 is 0 Å². The van der Waals surface area contributed by atoms with Crippen LogP contribution >= 0.6 is 0 Å². The van der Waals surface area contributed by atoms with Crippen LogP contribution in [0.3, 0.4) is 0 Å². The maximum Gasteiger partial charge on any atom is -0.00261 e. The third-order valence-electron chi connectivity index (χ3n) is 11.9. The summed E-state index contributed by atoms with van der Waals surface area (Å²) in [6.07, 6.45) is 0. The first-order chi connectivity index (χ1) is 28.8. The Bertz CT molecular complexity index is 3220. The van der Waals surface area contributed by atoms with Gasteiger partial charge in [-0.3, -0.25) is 0 Å². The minimum absolute atomic E-state index is 1.20. The molecule has 0 unspecified atom stereocenters. The van der Waals surface area contributed by atoms with Crippen LogP contribution in [0, 0.1) is 0 Å². The average Bonchev–Trinajstić information content (AvgIpc) is 3.30. The quantitative estimate of drug-likeness (QED) is 0.149. The smallest absolute Gasteiger partial charge is 0.00261 e. The third kappa shape index (κ3) is 5.86. The van der Waals surface area contributed by atoms with E-state index in [9.17, 15) is 0 Å². The molecule has 11 aromatic rings. The Hall–Kier alpha value is -7.54. The molecule has 0 nitrogen and oxygen atoms in total. The van der Waals surface area contributed by atoms with E-state index in [-0.39, 0.29) is 0 Å². The highest BCUT2D eigenvalue weighted by molar-refractivity contribution is 6.22. The van der Waals surface area contributed by atoms with Crippen molar-refractivity contribution in [1.82, 2.24) is 0 Å². The lowest BCUT2D eigenvalue weighted by Crippen LogP contribution is -1.92. The van der Waals surface area contributed by atoms with Crippen molar-refractivity contribution in [2.24, 2.45) is 0 Å². The van der Waals surface area contributed by atoms with Crippen molar-refractivity contribution in [3.05, 3.63) is 231 Å². The van der Waals surface area contributed by atoms with E-state index >= 15 is 0 Å². The second kappa shape index (κ2) is 14.2. The molecule has 0 radical (unpaired) electrons. The molecule has 0 N–H and O–H groups in total. The lowest BCUT2D eigenvalue weighted by molar-refractivity contribution is 1.59. The van der Waals surface area contributed by atoms with Crippen molar-refractivity contribution in [2.45, 2.75) is 0 Å². The van der Waals surface area contributed by atoms with E-state index in [4.69, 9.17) is 0 Å². The summed E-state index contributed by atoms with van der Waals surface area (Å²) >= 11 is 0. The Balaban J connectivity index is 1.11. The first-order valence-corrected chi connectivity index (χ1v) is 20.1. The van der Waals surface area contributed by atoms with Crippen LogP contribution in [0.1, 0.15) is 0 Å². The van der Waals surface area contributed by atoms with Gasteiger partial charge in [0.1, 0.15) is 0 Å². The first kappa shape index (κ1) is 33.8. The molecule has 0 aliphatic carbocycles. The minimum Gasteiger partial charge on any atom is -0.0622 e. The number of fused-ring (bicyclic) bond motifs is 4. The largest absolute Gasteiger partial charge is 0.0622 e. The number of hydrogen-bond acceptors (Lipinski definition) is 0. The molecular weight excluding hydrogens is 697 g/mol. The molecule has 0 heteroatoms. The second-order valence-corrected chi connectivity index (χ2v) is 15.2. The van der Waals surface area contributed by atoms with Gasteiger partial charge in [0.2, 0.25) is 0 Å². The summed E-state index contributed by atoms with van der Waals surface area (Å²) in [6.45, 7) is 0. The van der Waals surface area contributed by atoms with Gasteiger partial charge in [0.25, 0.3) is 0 Å².